The van der Waals surface area contributed by atoms with E-state index in [0.29, 0.717) is 17.0 Å². The molecule has 0 saturated heterocycles. The van der Waals surface area contributed by atoms with E-state index >= 15 is 0 Å². The second kappa shape index (κ2) is 6.56. The van der Waals surface area contributed by atoms with Crippen molar-refractivity contribution in [2.24, 2.45) is 0 Å². The van der Waals surface area contributed by atoms with Crippen molar-refractivity contribution < 1.29 is 14.6 Å². The van der Waals surface area contributed by atoms with Gasteiger partial charge in [-0.1, -0.05) is 35.9 Å². The van der Waals surface area contributed by atoms with Crippen LogP contribution in [0.25, 0.3) is 0 Å². The summed E-state index contributed by atoms with van der Waals surface area (Å²) in [4.78, 5) is 0. The zero-order valence-corrected chi connectivity index (χ0v) is 12.6. The Morgan fingerprint density at radius 2 is 1.67 bits per heavy atom. The fourth-order valence-electron chi connectivity index (χ4n) is 2.41. The average Bonchev–Trinajstić information content (AvgIpc) is 2.48. The molecule has 0 aliphatic heterocycles. The summed E-state index contributed by atoms with van der Waals surface area (Å²) in [7, 11) is 0. The quantitative estimate of drug-likeness (QED) is 0.890. The number of rotatable bonds is 5. The Balaban J connectivity index is 2.40. The summed E-state index contributed by atoms with van der Waals surface area (Å²) in [5.74, 6) is -0.350. The SMILES string of the molecule is Cc1ccc(CC(CO)(CO)c2ccc(F)cc2)c(Cl)c1. The third-order valence-electron chi connectivity index (χ3n) is 3.80. The van der Waals surface area contributed by atoms with E-state index in [1.807, 2.05) is 25.1 Å². The monoisotopic (exact) mass is 308 g/mol. The van der Waals surface area contributed by atoms with E-state index in [9.17, 15) is 14.6 Å². The highest BCUT2D eigenvalue weighted by Gasteiger charge is 2.32. The summed E-state index contributed by atoms with van der Waals surface area (Å²) in [5.41, 5.74) is 1.69. The summed E-state index contributed by atoms with van der Waals surface area (Å²) >= 11 is 6.24. The summed E-state index contributed by atoms with van der Waals surface area (Å²) in [6.45, 7) is 1.44. The molecule has 2 aromatic carbocycles. The van der Waals surface area contributed by atoms with E-state index in [1.165, 1.54) is 12.1 Å². The van der Waals surface area contributed by atoms with Gasteiger partial charge in [0.25, 0.3) is 0 Å². The van der Waals surface area contributed by atoms with Crippen LogP contribution < -0.4 is 0 Å². The fourth-order valence-corrected chi connectivity index (χ4v) is 2.71. The normalized spacial score (nSPS) is 11.7. The van der Waals surface area contributed by atoms with Crippen molar-refractivity contribution >= 4 is 11.6 Å². The third-order valence-corrected chi connectivity index (χ3v) is 4.15. The zero-order valence-electron chi connectivity index (χ0n) is 11.8. The van der Waals surface area contributed by atoms with Gasteiger partial charge in [-0.25, -0.2) is 4.39 Å². The molecule has 0 saturated carbocycles. The minimum absolute atomic E-state index is 0.251. The molecular formula is C17H18ClFO2. The first kappa shape index (κ1) is 16.0. The molecule has 2 N–H and O–H groups in total. The average molecular weight is 309 g/mol. The molecule has 0 aliphatic rings. The topological polar surface area (TPSA) is 40.5 Å². The van der Waals surface area contributed by atoms with Gasteiger partial charge in [0, 0.05) is 10.4 Å². The van der Waals surface area contributed by atoms with Gasteiger partial charge < -0.3 is 10.2 Å². The number of halogens is 2. The van der Waals surface area contributed by atoms with Crippen molar-refractivity contribution in [1.82, 2.24) is 0 Å². The molecule has 0 heterocycles. The number of hydrogen-bond donors (Lipinski definition) is 2. The van der Waals surface area contributed by atoms with Crippen molar-refractivity contribution in [3.63, 3.8) is 0 Å². The maximum absolute atomic E-state index is 13.1. The summed E-state index contributed by atoms with van der Waals surface area (Å²) in [6.07, 6.45) is 0.380. The van der Waals surface area contributed by atoms with E-state index in [2.05, 4.69) is 0 Å². The van der Waals surface area contributed by atoms with Gasteiger partial charge in [-0.3, -0.25) is 0 Å². The zero-order chi connectivity index (χ0) is 15.5. The predicted molar refractivity (Wildman–Crippen MR) is 82.1 cm³/mol. The lowest BCUT2D eigenvalue weighted by molar-refractivity contribution is 0.116. The smallest absolute Gasteiger partial charge is 0.123 e. The molecule has 0 aromatic heterocycles. The highest BCUT2D eigenvalue weighted by Crippen LogP contribution is 2.31. The Morgan fingerprint density at radius 1 is 1.05 bits per heavy atom. The van der Waals surface area contributed by atoms with Gasteiger partial charge in [0.05, 0.1) is 13.2 Å². The van der Waals surface area contributed by atoms with Crippen molar-refractivity contribution in [3.8, 4) is 0 Å². The Bertz CT molecular complexity index is 607. The first-order valence-electron chi connectivity index (χ1n) is 6.73. The highest BCUT2D eigenvalue weighted by molar-refractivity contribution is 6.31. The van der Waals surface area contributed by atoms with Crippen LogP contribution in [0.1, 0.15) is 16.7 Å². The van der Waals surface area contributed by atoms with E-state index < -0.39 is 5.41 Å². The lowest BCUT2D eigenvalue weighted by Crippen LogP contribution is -2.37. The van der Waals surface area contributed by atoms with Gasteiger partial charge in [0.2, 0.25) is 0 Å². The van der Waals surface area contributed by atoms with Crippen LogP contribution in [-0.4, -0.2) is 23.4 Å². The molecular weight excluding hydrogens is 291 g/mol. The number of aliphatic hydroxyl groups is 2. The molecule has 2 aromatic rings. The number of aliphatic hydroxyl groups excluding tert-OH is 2. The van der Waals surface area contributed by atoms with Crippen molar-refractivity contribution in [1.29, 1.82) is 0 Å². The number of benzene rings is 2. The molecule has 2 nitrogen and oxygen atoms in total. The van der Waals surface area contributed by atoms with Crippen LogP contribution in [0.5, 0.6) is 0 Å². The molecule has 2 rings (SSSR count). The van der Waals surface area contributed by atoms with Crippen molar-refractivity contribution in [2.45, 2.75) is 18.8 Å². The van der Waals surface area contributed by atoms with Crippen molar-refractivity contribution in [2.75, 3.05) is 13.2 Å². The molecule has 0 radical (unpaired) electrons. The van der Waals surface area contributed by atoms with Gasteiger partial charge in [-0.05, 0) is 48.2 Å². The van der Waals surface area contributed by atoms with Crippen molar-refractivity contribution in [3.05, 3.63) is 70.0 Å². The summed E-state index contributed by atoms with van der Waals surface area (Å²) < 4.78 is 13.1. The van der Waals surface area contributed by atoms with E-state index in [0.717, 1.165) is 11.1 Å². The summed E-state index contributed by atoms with van der Waals surface area (Å²) in [5, 5.41) is 20.2. The lowest BCUT2D eigenvalue weighted by atomic mass is 9.76. The molecule has 0 amide bonds. The summed E-state index contributed by atoms with van der Waals surface area (Å²) in [6, 6.07) is 11.5. The maximum atomic E-state index is 13.1. The Morgan fingerprint density at radius 3 is 2.19 bits per heavy atom. The van der Waals surface area contributed by atoms with Gasteiger partial charge >= 0.3 is 0 Å². The van der Waals surface area contributed by atoms with Gasteiger partial charge in [0.15, 0.2) is 0 Å². The molecule has 21 heavy (non-hydrogen) atoms. The molecule has 0 bridgehead atoms. The second-order valence-electron chi connectivity index (χ2n) is 5.38. The van der Waals surface area contributed by atoms with Gasteiger partial charge in [-0.2, -0.15) is 0 Å². The van der Waals surface area contributed by atoms with Crippen LogP contribution in [0, 0.1) is 12.7 Å². The minimum atomic E-state index is -0.882. The fraction of sp³-hybridized carbons (Fsp3) is 0.294. The standard InChI is InChI=1S/C17H18ClFO2/c1-12-2-3-13(16(18)8-12)9-17(10-20,11-21)14-4-6-15(19)7-5-14/h2-8,20-21H,9-11H2,1H3. The molecule has 0 atom stereocenters. The number of aryl methyl sites for hydroxylation is 1. The Labute approximate surface area is 128 Å². The number of hydrogen-bond acceptors (Lipinski definition) is 2. The van der Waals surface area contributed by atoms with Crippen LogP contribution >= 0.6 is 11.6 Å². The second-order valence-corrected chi connectivity index (χ2v) is 5.78. The largest absolute Gasteiger partial charge is 0.395 e. The first-order valence-corrected chi connectivity index (χ1v) is 7.11. The van der Waals surface area contributed by atoms with E-state index in [4.69, 9.17) is 11.6 Å². The van der Waals surface area contributed by atoms with Crippen LogP contribution in [0.4, 0.5) is 4.39 Å². The first-order chi connectivity index (χ1) is 10.0. The highest BCUT2D eigenvalue weighted by atomic mass is 35.5. The van der Waals surface area contributed by atoms with Crippen LogP contribution in [0.2, 0.25) is 5.02 Å². The molecule has 0 unspecified atom stereocenters. The Hall–Kier alpha value is -1.42. The Kier molecular flexibility index (Phi) is 4.99. The molecule has 0 fully saturated rings. The maximum Gasteiger partial charge on any atom is 0.123 e. The predicted octanol–water partition coefficient (Wildman–Crippen LogP) is 3.25. The molecule has 0 aliphatic carbocycles. The van der Waals surface area contributed by atoms with E-state index in [-0.39, 0.29) is 19.0 Å². The molecule has 0 spiro atoms. The minimum Gasteiger partial charge on any atom is -0.395 e. The van der Waals surface area contributed by atoms with Gasteiger partial charge in [-0.15, -0.1) is 0 Å². The van der Waals surface area contributed by atoms with Crippen LogP contribution in [-0.2, 0) is 11.8 Å². The molecule has 4 heteroatoms. The van der Waals surface area contributed by atoms with Crippen LogP contribution in [0.15, 0.2) is 42.5 Å². The van der Waals surface area contributed by atoms with E-state index in [1.54, 1.807) is 12.1 Å². The van der Waals surface area contributed by atoms with Crippen LogP contribution in [0.3, 0.4) is 0 Å². The lowest BCUT2D eigenvalue weighted by Gasteiger charge is -2.31. The van der Waals surface area contributed by atoms with Gasteiger partial charge in [0.1, 0.15) is 5.82 Å². The molecule has 112 valence electrons. The third kappa shape index (κ3) is 3.43.